The summed E-state index contributed by atoms with van der Waals surface area (Å²) in [5, 5.41) is 0. The van der Waals surface area contributed by atoms with Gasteiger partial charge in [-0.2, -0.15) is 0 Å². The molecule has 17 heavy (non-hydrogen) atoms. The number of hydrogen-bond donors (Lipinski definition) is 0. The molecule has 0 saturated carbocycles. The molecule has 0 aliphatic carbocycles. The fraction of sp³-hybridized carbons (Fsp3) is 0.308. The van der Waals surface area contributed by atoms with Gasteiger partial charge in [-0.05, 0) is 12.1 Å². The number of cyclic esters (lactones) is 1. The Bertz CT molecular complexity index is 524. The van der Waals surface area contributed by atoms with E-state index in [0.29, 0.717) is 11.3 Å². The zero-order valence-corrected chi connectivity index (χ0v) is 9.98. The number of allylic oxidation sites excluding steroid dienone is 1. The van der Waals surface area contributed by atoms with Crippen LogP contribution in [0.25, 0.3) is 5.76 Å². The molecule has 4 nitrogen and oxygen atoms in total. The lowest BCUT2D eigenvalue weighted by Crippen LogP contribution is -2.17. The Balaban J connectivity index is 2.42. The third-order valence-corrected chi connectivity index (χ3v) is 2.47. The van der Waals surface area contributed by atoms with Crippen LogP contribution in [0.5, 0.6) is 0 Å². The maximum Gasteiger partial charge on any atom is 0.345 e. The van der Waals surface area contributed by atoms with Crippen LogP contribution in [0.3, 0.4) is 0 Å². The molecule has 0 unspecified atom stereocenters. The molecule has 0 amide bonds. The molecule has 0 radical (unpaired) electrons. The largest absolute Gasteiger partial charge is 0.420 e. The van der Waals surface area contributed by atoms with Crippen LogP contribution in [0.15, 0.2) is 24.4 Å². The number of ether oxygens (including phenoxy) is 1. The highest BCUT2D eigenvalue weighted by molar-refractivity contribution is 6.07. The van der Waals surface area contributed by atoms with Crippen molar-refractivity contribution in [2.45, 2.75) is 20.8 Å². The molecule has 2 rings (SSSR count). The number of aromatic nitrogens is 1. The summed E-state index contributed by atoms with van der Waals surface area (Å²) in [5.41, 5.74) is 0.340. The number of ketones is 1. The quantitative estimate of drug-likeness (QED) is 0.549. The van der Waals surface area contributed by atoms with Crippen LogP contribution in [0.4, 0.5) is 0 Å². The molecular formula is C13H13NO3. The summed E-state index contributed by atoms with van der Waals surface area (Å²) >= 11 is 0. The van der Waals surface area contributed by atoms with Crippen LogP contribution in [-0.2, 0) is 9.53 Å². The first-order chi connectivity index (χ1) is 7.89. The van der Waals surface area contributed by atoms with Gasteiger partial charge in [0.15, 0.2) is 11.5 Å². The fourth-order valence-corrected chi connectivity index (χ4v) is 1.40. The van der Waals surface area contributed by atoms with E-state index in [1.165, 1.54) is 6.08 Å². The smallest absolute Gasteiger partial charge is 0.345 e. The normalized spacial score (nSPS) is 16.9. The minimum atomic E-state index is -0.503. The average molecular weight is 231 g/mol. The molecule has 0 aromatic carbocycles. The number of carbonyl (C=O) groups is 2. The Hall–Kier alpha value is -1.97. The Morgan fingerprint density at radius 1 is 1.41 bits per heavy atom. The van der Waals surface area contributed by atoms with E-state index in [1.807, 2.05) is 20.8 Å². The van der Waals surface area contributed by atoms with Crippen LogP contribution < -0.4 is 0 Å². The average Bonchev–Trinajstić information content (AvgIpc) is 2.56. The second kappa shape index (κ2) is 3.80. The van der Waals surface area contributed by atoms with E-state index in [1.54, 1.807) is 18.3 Å². The van der Waals surface area contributed by atoms with Gasteiger partial charge < -0.3 is 4.74 Å². The van der Waals surface area contributed by atoms with Crippen molar-refractivity contribution >= 4 is 17.5 Å². The summed E-state index contributed by atoms with van der Waals surface area (Å²) in [5.74, 6) is -0.314. The van der Waals surface area contributed by atoms with E-state index in [0.717, 1.165) is 0 Å². The minimum Gasteiger partial charge on any atom is -0.420 e. The van der Waals surface area contributed by atoms with Gasteiger partial charge in [-0.3, -0.25) is 9.78 Å². The van der Waals surface area contributed by atoms with Crippen LogP contribution in [0, 0.1) is 5.41 Å². The molecule has 1 aliphatic heterocycles. The van der Waals surface area contributed by atoms with Crippen molar-refractivity contribution in [3.8, 4) is 0 Å². The van der Waals surface area contributed by atoms with Crippen LogP contribution in [0.1, 0.15) is 36.8 Å². The maximum atomic E-state index is 11.8. The lowest BCUT2D eigenvalue weighted by Gasteiger charge is -2.13. The van der Waals surface area contributed by atoms with E-state index in [-0.39, 0.29) is 11.5 Å². The van der Waals surface area contributed by atoms with Crippen molar-refractivity contribution in [1.82, 2.24) is 4.98 Å². The number of carbonyl (C=O) groups excluding carboxylic acids is 2. The van der Waals surface area contributed by atoms with Crippen LogP contribution in [-0.4, -0.2) is 16.7 Å². The van der Waals surface area contributed by atoms with Crippen molar-refractivity contribution in [2.75, 3.05) is 0 Å². The zero-order valence-electron chi connectivity index (χ0n) is 9.98. The zero-order chi connectivity index (χ0) is 12.6. The van der Waals surface area contributed by atoms with Gasteiger partial charge in [0.1, 0.15) is 5.69 Å². The van der Waals surface area contributed by atoms with Gasteiger partial charge >= 0.3 is 5.97 Å². The van der Waals surface area contributed by atoms with Crippen molar-refractivity contribution < 1.29 is 14.3 Å². The molecule has 88 valence electrons. The molecule has 0 bridgehead atoms. The van der Waals surface area contributed by atoms with Gasteiger partial charge in [0.2, 0.25) is 0 Å². The highest BCUT2D eigenvalue weighted by atomic mass is 16.5. The molecule has 1 aromatic rings. The van der Waals surface area contributed by atoms with E-state index in [4.69, 9.17) is 4.74 Å². The van der Waals surface area contributed by atoms with E-state index in [9.17, 15) is 9.59 Å². The molecule has 0 atom stereocenters. The van der Waals surface area contributed by atoms with E-state index in [2.05, 4.69) is 4.98 Å². The summed E-state index contributed by atoms with van der Waals surface area (Å²) in [7, 11) is 0. The molecule has 2 heterocycles. The van der Waals surface area contributed by atoms with Crippen molar-refractivity contribution in [1.29, 1.82) is 0 Å². The molecular weight excluding hydrogens is 218 g/mol. The van der Waals surface area contributed by atoms with Crippen LogP contribution >= 0.6 is 0 Å². The highest BCUT2D eigenvalue weighted by Crippen LogP contribution is 2.28. The number of pyridine rings is 1. The summed E-state index contributed by atoms with van der Waals surface area (Å²) < 4.78 is 5.04. The summed E-state index contributed by atoms with van der Waals surface area (Å²) in [4.78, 5) is 27.4. The van der Waals surface area contributed by atoms with Gasteiger partial charge in [0.25, 0.3) is 0 Å². The Morgan fingerprint density at radius 3 is 2.76 bits per heavy atom. The number of esters is 1. The van der Waals surface area contributed by atoms with Crippen LogP contribution in [0.2, 0.25) is 0 Å². The first-order valence-electron chi connectivity index (χ1n) is 5.33. The molecule has 0 saturated heterocycles. The summed E-state index contributed by atoms with van der Waals surface area (Å²) in [6.45, 7) is 5.42. The number of fused-ring (bicyclic) bond motifs is 1. The lowest BCUT2D eigenvalue weighted by molar-refractivity contribution is -0.121. The highest BCUT2D eigenvalue weighted by Gasteiger charge is 2.29. The number of nitrogens with zero attached hydrogens (tertiary/aromatic N) is 1. The van der Waals surface area contributed by atoms with Crippen molar-refractivity contribution in [3.63, 3.8) is 0 Å². The standard InChI is InChI=1S/C13H13NO3/c1-13(2,3)10(15)7-9-11-8(12(16)17-9)5-4-6-14-11/h4-7H,1-3H3/b9-7-. The Labute approximate surface area is 99.3 Å². The third-order valence-electron chi connectivity index (χ3n) is 2.47. The van der Waals surface area contributed by atoms with Crippen molar-refractivity contribution in [2.24, 2.45) is 5.41 Å². The predicted octanol–water partition coefficient (Wildman–Crippen LogP) is 2.21. The summed E-state index contributed by atoms with van der Waals surface area (Å²) in [6.07, 6.45) is 2.91. The van der Waals surface area contributed by atoms with E-state index < -0.39 is 11.4 Å². The molecule has 4 heteroatoms. The number of hydrogen-bond acceptors (Lipinski definition) is 4. The second-order valence-corrected chi connectivity index (χ2v) is 4.91. The van der Waals surface area contributed by atoms with Gasteiger partial charge in [-0.15, -0.1) is 0 Å². The van der Waals surface area contributed by atoms with E-state index >= 15 is 0 Å². The third kappa shape index (κ3) is 2.11. The summed E-state index contributed by atoms with van der Waals surface area (Å²) in [6, 6.07) is 3.29. The fourth-order valence-electron chi connectivity index (χ4n) is 1.40. The maximum absolute atomic E-state index is 11.8. The van der Waals surface area contributed by atoms with Gasteiger partial charge in [-0.25, -0.2) is 4.79 Å². The SMILES string of the molecule is CC(C)(C)C(=O)/C=C1\OC(=O)c2cccnc21. The van der Waals surface area contributed by atoms with Crippen molar-refractivity contribution in [3.05, 3.63) is 35.7 Å². The minimum absolute atomic E-state index is 0.0983. The first kappa shape index (κ1) is 11.5. The Morgan fingerprint density at radius 2 is 2.12 bits per heavy atom. The lowest BCUT2D eigenvalue weighted by atomic mass is 9.90. The van der Waals surface area contributed by atoms with Gasteiger partial charge in [-0.1, -0.05) is 20.8 Å². The molecule has 1 aliphatic rings. The first-order valence-corrected chi connectivity index (χ1v) is 5.33. The number of rotatable bonds is 1. The predicted molar refractivity (Wildman–Crippen MR) is 62.1 cm³/mol. The molecule has 0 spiro atoms. The second-order valence-electron chi connectivity index (χ2n) is 4.91. The van der Waals surface area contributed by atoms with Gasteiger partial charge in [0.05, 0.1) is 5.56 Å². The topological polar surface area (TPSA) is 56.3 Å². The monoisotopic (exact) mass is 231 g/mol. The molecule has 0 N–H and O–H groups in total. The molecule has 1 aromatic heterocycles. The molecule has 0 fully saturated rings. The van der Waals surface area contributed by atoms with Gasteiger partial charge in [0, 0.05) is 17.7 Å². The Kier molecular flexibility index (Phi) is 2.58.